The summed E-state index contributed by atoms with van der Waals surface area (Å²) in [6.45, 7) is 0. The van der Waals surface area contributed by atoms with Crippen LogP contribution in [0.15, 0.2) is 112 Å². The van der Waals surface area contributed by atoms with Gasteiger partial charge >= 0.3 is 0 Å². The van der Waals surface area contributed by atoms with E-state index < -0.39 is 10.9 Å². The van der Waals surface area contributed by atoms with Crippen LogP contribution in [0.4, 0.5) is 0 Å². The molecule has 0 spiro atoms. The minimum absolute atomic E-state index is 0.469. The molecule has 0 nitrogen and oxygen atoms in total. The molecule has 0 fully saturated rings. The molecule has 2 heteroatoms. The van der Waals surface area contributed by atoms with E-state index in [2.05, 4.69) is 120 Å². The predicted octanol–water partition coefficient (Wildman–Crippen LogP) is 7.46. The third kappa shape index (κ3) is 4.01. The van der Waals surface area contributed by atoms with Gasteiger partial charge in [-0.2, -0.15) is 10.9 Å². The van der Waals surface area contributed by atoms with Crippen LogP contribution in [0.1, 0.15) is 22.3 Å². The molecule has 4 aromatic rings. The van der Waals surface area contributed by atoms with Crippen LogP contribution < -0.4 is 0 Å². The zero-order valence-corrected chi connectivity index (χ0v) is 19.2. The maximum atomic E-state index is 2.37. The zero-order valence-electron chi connectivity index (χ0n) is 16.2. The van der Waals surface area contributed by atoms with Gasteiger partial charge in [0, 0.05) is 3.57 Å². The Balaban J connectivity index is 1.42. The maximum absolute atomic E-state index is 2.37. The van der Waals surface area contributed by atoms with Crippen molar-refractivity contribution in [1.82, 2.24) is 0 Å². The van der Waals surface area contributed by atoms with Crippen molar-refractivity contribution in [1.29, 1.82) is 0 Å². The Morgan fingerprint density at radius 3 is 1.62 bits per heavy atom. The van der Waals surface area contributed by atoms with Crippen LogP contribution >= 0.6 is 33.5 Å². The Labute approximate surface area is 189 Å². The van der Waals surface area contributed by atoms with Crippen molar-refractivity contribution in [2.24, 2.45) is 0 Å². The molecule has 0 saturated heterocycles. The highest BCUT2D eigenvalue weighted by Gasteiger charge is 2.23. The first-order valence-corrected chi connectivity index (χ1v) is 12.5. The van der Waals surface area contributed by atoms with Crippen LogP contribution in [-0.4, -0.2) is 0 Å². The van der Waals surface area contributed by atoms with Gasteiger partial charge in [-0.1, -0.05) is 60.7 Å². The third-order valence-electron chi connectivity index (χ3n) is 5.66. The van der Waals surface area contributed by atoms with Crippen molar-refractivity contribution < 1.29 is 0 Å². The Morgan fingerprint density at radius 2 is 1.07 bits per heavy atom. The molecule has 0 aromatic heterocycles. The van der Waals surface area contributed by atoms with Gasteiger partial charge in [-0.05, 0) is 115 Å². The average Bonchev–Trinajstić information content (AvgIpc) is 2.77. The largest absolute Gasteiger partial charge is 0.172 e. The van der Waals surface area contributed by atoms with Crippen molar-refractivity contribution in [2.45, 2.75) is 33.9 Å². The van der Waals surface area contributed by atoms with Gasteiger partial charge < -0.3 is 0 Å². The predicted molar refractivity (Wildman–Crippen MR) is 132 cm³/mol. The molecule has 0 N–H and O–H groups in total. The second kappa shape index (κ2) is 8.37. The summed E-state index contributed by atoms with van der Waals surface area (Å²) in [5.41, 5.74) is 5.80. The summed E-state index contributed by atoms with van der Waals surface area (Å²) in [4.78, 5) is 4.50. The van der Waals surface area contributed by atoms with Crippen LogP contribution in [0.2, 0.25) is 0 Å². The highest BCUT2D eigenvalue weighted by atomic mass is 127. The molecule has 1 aliphatic heterocycles. The molecule has 0 amide bonds. The molecule has 5 rings (SSSR count). The SMILES string of the molecule is Ic1ccc(CCc2ccc([SH]3c4ccccc4Cc4ccccc43)cc2)cc1. The molecule has 0 unspecified atom stereocenters. The van der Waals surface area contributed by atoms with Gasteiger partial charge in [0.15, 0.2) is 0 Å². The van der Waals surface area contributed by atoms with Gasteiger partial charge in [0.1, 0.15) is 0 Å². The summed E-state index contributed by atoms with van der Waals surface area (Å²) >= 11 is 2.36. The summed E-state index contributed by atoms with van der Waals surface area (Å²) in [5.74, 6) is 0. The van der Waals surface area contributed by atoms with Crippen molar-refractivity contribution in [3.05, 3.63) is 123 Å². The first kappa shape index (κ1) is 19.0. The molecular formula is C27H23IS. The number of thiol groups is 1. The fourth-order valence-electron chi connectivity index (χ4n) is 4.12. The van der Waals surface area contributed by atoms with E-state index in [0.29, 0.717) is 0 Å². The van der Waals surface area contributed by atoms with Crippen LogP contribution in [0.25, 0.3) is 0 Å². The van der Waals surface area contributed by atoms with Gasteiger partial charge in [0.2, 0.25) is 0 Å². The van der Waals surface area contributed by atoms with Crippen molar-refractivity contribution in [3.63, 3.8) is 0 Å². The maximum Gasteiger partial charge on any atom is 0.0130 e. The second-order valence-electron chi connectivity index (χ2n) is 7.56. The summed E-state index contributed by atoms with van der Waals surface area (Å²) in [5, 5.41) is 0. The molecule has 1 aliphatic rings. The Kier molecular flexibility index (Phi) is 5.47. The second-order valence-corrected chi connectivity index (χ2v) is 11.0. The summed E-state index contributed by atoms with van der Waals surface area (Å²) < 4.78 is 1.30. The molecular weight excluding hydrogens is 483 g/mol. The average molecular weight is 506 g/mol. The van der Waals surface area contributed by atoms with Gasteiger partial charge in [0.25, 0.3) is 0 Å². The lowest BCUT2D eigenvalue weighted by molar-refractivity contribution is 0.957. The summed E-state index contributed by atoms with van der Waals surface area (Å²) in [6.07, 6.45) is 3.24. The monoisotopic (exact) mass is 506 g/mol. The van der Waals surface area contributed by atoms with Crippen molar-refractivity contribution in [3.8, 4) is 0 Å². The molecule has 29 heavy (non-hydrogen) atoms. The van der Waals surface area contributed by atoms with Gasteiger partial charge in [-0.15, -0.1) is 0 Å². The van der Waals surface area contributed by atoms with E-state index in [0.717, 1.165) is 19.3 Å². The lowest BCUT2D eigenvalue weighted by atomic mass is 10.0. The number of halogens is 1. The number of rotatable bonds is 4. The Hall–Kier alpha value is -2.04. The standard InChI is InChI=1S/C27H23IS/c28-24-15-11-20(12-16-24)9-10-21-13-17-25(18-14-21)29-26-7-3-1-5-22(26)19-23-6-2-4-8-27(23)29/h1-8,11-18,29H,9-10,19H2. The third-order valence-corrected chi connectivity index (χ3v) is 9.03. The van der Waals surface area contributed by atoms with E-state index in [1.165, 1.54) is 40.5 Å². The molecule has 0 atom stereocenters. The molecule has 0 aliphatic carbocycles. The quantitative estimate of drug-likeness (QED) is 0.190. The number of fused-ring (bicyclic) bond motifs is 2. The fourth-order valence-corrected chi connectivity index (χ4v) is 7.10. The van der Waals surface area contributed by atoms with E-state index in [9.17, 15) is 0 Å². The van der Waals surface area contributed by atoms with E-state index in [4.69, 9.17) is 0 Å². The molecule has 0 saturated carbocycles. The molecule has 144 valence electrons. The normalized spacial score (nSPS) is 13.6. The first-order chi connectivity index (χ1) is 14.3. The van der Waals surface area contributed by atoms with Crippen LogP contribution in [0.5, 0.6) is 0 Å². The lowest BCUT2D eigenvalue weighted by Gasteiger charge is -2.32. The molecule has 0 radical (unpaired) electrons. The van der Waals surface area contributed by atoms with Crippen LogP contribution in [-0.2, 0) is 19.3 Å². The molecule has 4 aromatic carbocycles. The van der Waals surface area contributed by atoms with Gasteiger partial charge in [-0.25, -0.2) is 0 Å². The van der Waals surface area contributed by atoms with E-state index in [-0.39, 0.29) is 0 Å². The Bertz CT molecular complexity index is 1080. The molecule has 1 heterocycles. The minimum Gasteiger partial charge on any atom is -0.172 e. The highest BCUT2D eigenvalue weighted by molar-refractivity contribution is 14.1. The number of aryl methyl sites for hydroxylation is 2. The van der Waals surface area contributed by atoms with E-state index in [1.807, 2.05) is 0 Å². The summed E-state index contributed by atoms with van der Waals surface area (Å²) in [7, 11) is -0.469. The van der Waals surface area contributed by atoms with Crippen LogP contribution in [0, 0.1) is 3.57 Å². The number of hydrogen-bond donors (Lipinski definition) is 1. The first-order valence-electron chi connectivity index (χ1n) is 10.1. The number of hydrogen-bond acceptors (Lipinski definition) is 0. The Morgan fingerprint density at radius 1 is 0.586 bits per heavy atom. The topological polar surface area (TPSA) is 0 Å². The van der Waals surface area contributed by atoms with Crippen molar-refractivity contribution in [2.75, 3.05) is 0 Å². The molecule has 0 bridgehead atoms. The van der Waals surface area contributed by atoms with Gasteiger partial charge in [-0.3, -0.25) is 0 Å². The fraction of sp³-hybridized carbons (Fsp3) is 0.111. The minimum atomic E-state index is -0.469. The smallest absolute Gasteiger partial charge is 0.0130 e. The van der Waals surface area contributed by atoms with Gasteiger partial charge in [0.05, 0.1) is 0 Å². The van der Waals surface area contributed by atoms with E-state index in [1.54, 1.807) is 0 Å². The zero-order chi connectivity index (χ0) is 19.6. The highest BCUT2D eigenvalue weighted by Crippen LogP contribution is 2.56. The number of benzene rings is 4. The van der Waals surface area contributed by atoms with Crippen molar-refractivity contribution >= 4 is 33.5 Å². The summed E-state index contributed by atoms with van der Waals surface area (Å²) in [6, 6.07) is 36.3. The van der Waals surface area contributed by atoms with E-state index >= 15 is 0 Å². The van der Waals surface area contributed by atoms with Crippen LogP contribution in [0.3, 0.4) is 0 Å². The lowest BCUT2D eigenvalue weighted by Crippen LogP contribution is -2.04.